The number of nitrogens with one attached hydrogen (secondary N) is 1. The SMILES string of the molecule is C=CCCC(=O)NCC1CCCCC2=Cc3c(cnn3-c3ccc(F)cc3)C[C@@]21C.S. The lowest BCUT2D eigenvalue weighted by Crippen LogP contribution is -2.40. The number of benzene rings is 1. The van der Waals surface area contributed by atoms with E-state index >= 15 is 0 Å². The van der Waals surface area contributed by atoms with Gasteiger partial charge in [-0.3, -0.25) is 4.79 Å². The van der Waals surface area contributed by atoms with Gasteiger partial charge < -0.3 is 5.32 Å². The molecule has 0 radical (unpaired) electrons. The summed E-state index contributed by atoms with van der Waals surface area (Å²) in [6.07, 6.45) is 12.7. The zero-order chi connectivity index (χ0) is 21.1. The van der Waals surface area contributed by atoms with Crippen molar-refractivity contribution in [1.82, 2.24) is 15.1 Å². The van der Waals surface area contributed by atoms with Crippen molar-refractivity contribution in [2.75, 3.05) is 6.54 Å². The maximum absolute atomic E-state index is 13.3. The molecule has 1 fully saturated rings. The minimum absolute atomic E-state index is 0. The Morgan fingerprint density at radius 2 is 2.13 bits per heavy atom. The molecule has 0 saturated heterocycles. The molecule has 1 N–H and O–H groups in total. The van der Waals surface area contributed by atoms with E-state index in [1.807, 2.05) is 10.9 Å². The highest BCUT2D eigenvalue weighted by Gasteiger charge is 2.42. The number of hydrogen-bond acceptors (Lipinski definition) is 2. The van der Waals surface area contributed by atoms with Gasteiger partial charge in [-0.05, 0) is 79.3 Å². The molecule has 166 valence electrons. The van der Waals surface area contributed by atoms with E-state index in [9.17, 15) is 9.18 Å². The lowest BCUT2D eigenvalue weighted by atomic mass is 9.64. The molecule has 6 heteroatoms. The summed E-state index contributed by atoms with van der Waals surface area (Å²) in [7, 11) is 0. The molecule has 2 aliphatic rings. The molecule has 1 unspecified atom stereocenters. The Labute approximate surface area is 191 Å². The average Bonchev–Trinajstić information content (AvgIpc) is 3.06. The van der Waals surface area contributed by atoms with Crippen LogP contribution in [-0.2, 0) is 11.2 Å². The summed E-state index contributed by atoms with van der Waals surface area (Å²) in [5.41, 5.74) is 4.66. The summed E-state index contributed by atoms with van der Waals surface area (Å²) in [5, 5.41) is 7.78. The number of allylic oxidation sites excluding steroid dienone is 2. The van der Waals surface area contributed by atoms with Gasteiger partial charge in [0.2, 0.25) is 5.91 Å². The molecular formula is C25H32FN3OS. The standard InChI is InChI=1S/C25H30FN3O.H2S/c1-3-4-9-24(30)27-17-20-8-6-5-7-19-14-23-18(15-25(19,20)2)16-28-29(23)22-12-10-21(26)11-13-22;/h3,10-14,16,20H,1,4-9,15,17H2,2H3,(H,27,30);1H2/t20?,25-;/m0./s1. The second kappa shape index (κ2) is 9.86. The van der Waals surface area contributed by atoms with Crippen LogP contribution in [0.25, 0.3) is 11.8 Å². The van der Waals surface area contributed by atoms with Crippen molar-refractivity contribution in [1.29, 1.82) is 0 Å². The van der Waals surface area contributed by atoms with Crippen molar-refractivity contribution >= 4 is 25.5 Å². The molecule has 0 bridgehead atoms. The second-order valence-corrected chi connectivity index (χ2v) is 8.78. The summed E-state index contributed by atoms with van der Waals surface area (Å²) in [4.78, 5) is 12.2. The third kappa shape index (κ3) is 4.79. The predicted octanol–water partition coefficient (Wildman–Crippen LogP) is 5.34. The van der Waals surface area contributed by atoms with Crippen LogP contribution in [0.3, 0.4) is 0 Å². The minimum Gasteiger partial charge on any atom is -0.356 e. The van der Waals surface area contributed by atoms with Crippen LogP contribution in [0.5, 0.6) is 0 Å². The quantitative estimate of drug-likeness (QED) is 0.615. The summed E-state index contributed by atoms with van der Waals surface area (Å²) >= 11 is 0. The molecule has 1 aromatic carbocycles. The van der Waals surface area contributed by atoms with Gasteiger partial charge in [-0.2, -0.15) is 18.6 Å². The summed E-state index contributed by atoms with van der Waals surface area (Å²) in [6, 6.07) is 6.48. The van der Waals surface area contributed by atoms with E-state index < -0.39 is 0 Å². The fourth-order valence-corrected chi connectivity index (χ4v) is 4.98. The zero-order valence-corrected chi connectivity index (χ0v) is 19.2. The van der Waals surface area contributed by atoms with Crippen LogP contribution in [0, 0.1) is 17.2 Å². The zero-order valence-electron chi connectivity index (χ0n) is 18.2. The molecule has 4 nitrogen and oxygen atoms in total. The molecular weight excluding hydrogens is 409 g/mol. The summed E-state index contributed by atoms with van der Waals surface area (Å²) < 4.78 is 15.3. The minimum atomic E-state index is -0.243. The predicted molar refractivity (Wildman–Crippen MR) is 128 cm³/mol. The van der Waals surface area contributed by atoms with E-state index in [1.165, 1.54) is 36.1 Å². The third-order valence-corrected chi connectivity index (χ3v) is 6.83. The first kappa shape index (κ1) is 23.3. The highest BCUT2D eigenvalue weighted by atomic mass is 32.1. The Bertz CT molecular complexity index is 966. The van der Waals surface area contributed by atoms with Crippen molar-refractivity contribution in [3.05, 3.63) is 65.8 Å². The normalized spacial score (nSPS) is 22.3. The Hall–Kier alpha value is -2.34. The molecule has 2 aromatic rings. The van der Waals surface area contributed by atoms with Crippen LogP contribution in [0.15, 0.2) is 48.7 Å². The van der Waals surface area contributed by atoms with Crippen LogP contribution in [0.2, 0.25) is 0 Å². The van der Waals surface area contributed by atoms with Gasteiger partial charge >= 0.3 is 0 Å². The van der Waals surface area contributed by atoms with Gasteiger partial charge in [0.25, 0.3) is 0 Å². The Balaban J connectivity index is 0.00000272. The van der Waals surface area contributed by atoms with Crippen LogP contribution in [0.1, 0.15) is 56.7 Å². The number of aromatic nitrogens is 2. The van der Waals surface area contributed by atoms with Crippen molar-refractivity contribution in [2.24, 2.45) is 11.3 Å². The number of carbonyl (C=O) groups excluding carboxylic acids is 1. The summed E-state index contributed by atoms with van der Waals surface area (Å²) in [5.74, 6) is 0.266. The van der Waals surface area contributed by atoms with Crippen molar-refractivity contribution in [2.45, 2.75) is 51.9 Å². The van der Waals surface area contributed by atoms with Gasteiger partial charge in [-0.25, -0.2) is 9.07 Å². The third-order valence-electron chi connectivity index (χ3n) is 6.83. The molecule has 1 heterocycles. The first-order valence-corrected chi connectivity index (χ1v) is 10.9. The average molecular weight is 442 g/mol. The highest BCUT2D eigenvalue weighted by Crippen LogP contribution is 2.49. The van der Waals surface area contributed by atoms with E-state index in [4.69, 9.17) is 0 Å². The lowest BCUT2D eigenvalue weighted by molar-refractivity contribution is -0.121. The van der Waals surface area contributed by atoms with Crippen LogP contribution < -0.4 is 5.32 Å². The van der Waals surface area contributed by atoms with Gasteiger partial charge in [0, 0.05) is 13.0 Å². The summed E-state index contributed by atoms with van der Waals surface area (Å²) in [6.45, 7) is 6.76. The van der Waals surface area contributed by atoms with E-state index in [2.05, 4.69) is 30.0 Å². The molecule has 2 atom stereocenters. The Morgan fingerprint density at radius 3 is 2.87 bits per heavy atom. The second-order valence-electron chi connectivity index (χ2n) is 8.78. The molecule has 31 heavy (non-hydrogen) atoms. The van der Waals surface area contributed by atoms with Gasteiger partial charge in [-0.1, -0.05) is 25.0 Å². The molecule has 0 aliphatic heterocycles. The number of rotatable bonds is 6. The lowest BCUT2D eigenvalue weighted by Gasteiger charge is -2.41. The highest BCUT2D eigenvalue weighted by molar-refractivity contribution is 7.59. The van der Waals surface area contributed by atoms with Crippen LogP contribution in [-0.4, -0.2) is 22.2 Å². The Morgan fingerprint density at radius 1 is 1.35 bits per heavy atom. The number of fused-ring (bicyclic) bond motifs is 2. The van der Waals surface area contributed by atoms with Crippen LogP contribution in [0.4, 0.5) is 4.39 Å². The van der Waals surface area contributed by atoms with E-state index in [-0.39, 0.29) is 30.6 Å². The fraction of sp³-hybridized carbons (Fsp3) is 0.440. The van der Waals surface area contributed by atoms with Gasteiger partial charge in [0.1, 0.15) is 5.82 Å². The number of hydrogen-bond donors (Lipinski definition) is 1. The number of nitrogens with zero attached hydrogens (tertiary/aromatic N) is 2. The number of amides is 1. The number of halogens is 1. The molecule has 4 rings (SSSR count). The molecule has 0 spiro atoms. The maximum atomic E-state index is 13.3. The Kier molecular flexibility index (Phi) is 7.42. The monoisotopic (exact) mass is 441 g/mol. The molecule has 2 aliphatic carbocycles. The first-order valence-electron chi connectivity index (χ1n) is 10.9. The van der Waals surface area contributed by atoms with Crippen molar-refractivity contribution in [3.8, 4) is 5.69 Å². The van der Waals surface area contributed by atoms with E-state index in [1.54, 1.807) is 18.2 Å². The van der Waals surface area contributed by atoms with Gasteiger partial charge in [0.05, 0.1) is 17.6 Å². The van der Waals surface area contributed by atoms with Gasteiger partial charge in [-0.15, -0.1) is 6.58 Å². The van der Waals surface area contributed by atoms with E-state index in [0.717, 1.165) is 30.6 Å². The van der Waals surface area contributed by atoms with Crippen LogP contribution >= 0.6 is 13.5 Å². The first-order chi connectivity index (χ1) is 14.5. The molecule has 1 amide bonds. The molecule has 1 aromatic heterocycles. The van der Waals surface area contributed by atoms with Crippen molar-refractivity contribution in [3.63, 3.8) is 0 Å². The van der Waals surface area contributed by atoms with Crippen molar-refractivity contribution < 1.29 is 9.18 Å². The number of carbonyl (C=O) groups is 1. The smallest absolute Gasteiger partial charge is 0.220 e. The topological polar surface area (TPSA) is 46.9 Å². The maximum Gasteiger partial charge on any atom is 0.220 e. The largest absolute Gasteiger partial charge is 0.356 e. The fourth-order valence-electron chi connectivity index (χ4n) is 4.98. The van der Waals surface area contributed by atoms with E-state index in [0.29, 0.717) is 25.3 Å². The molecule has 1 saturated carbocycles. The van der Waals surface area contributed by atoms with Gasteiger partial charge in [0.15, 0.2) is 0 Å².